The fourth-order valence-corrected chi connectivity index (χ4v) is 4.66. The number of nitrogens with one attached hydrogen (secondary N) is 1. The summed E-state index contributed by atoms with van der Waals surface area (Å²) in [6.07, 6.45) is 4.96. The van der Waals surface area contributed by atoms with Gasteiger partial charge in [0.1, 0.15) is 0 Å². The van der Waals surface area contributed by atoms with Crippen LogP contribution < -0.4 is 5.32 Å². The molecule has 0 radical (unpaired) electrons. The van der Waals surface area contributed by atoms with E-state index in [4.69, 9.17) is 23.2 Å². The lowest BCUT2D eigenvalue weighted by molar-refractivity contribution is -0.117. The molecule has 202 valence electrons. The number of hydrogen-bond acceptors (Lipinski definition) is 8. The maximum absolute atomic E-state index is 13.2. The molecule has 1 aliphatic carbocycles. The predicted molar refractivity (Wildman–Crippen MR) is 145 cm³/mol. The van der Waals surface area contributed by atoms with Crippen LogP contribution in [-0.2, 0) is 14.9 Å². The quantitative estimate of drug-likeness (QED) is 0.335. The molecule has 0 saturated heterocycles. The minimum atomic E-state index is -0.629. The van der Waals surface area contributed by atoms with E-state index in [0.29, 0.717) is 22.9 Å². The van der Waals surface area contributed by atoms with Gasteiger partial charge in [-0.3, -0.25) is 4.79 Å². The van der Waals surface area contributed by atoms with Crippen LogP contribution in [0.1, 0.15) is 75.6 Å². The number of rotatable bonds is 4. The van der Waals surface area contributed by atoms with E-state index in [2.05, 4.69) is 49.2 Å². The molecule has 5 rings (SSSR count). The third-order valence-corrected chi connectivity index (χ3v) is 6.16. The lowest BCUT2D eigenvalue weighted by Gasteiger charge is -2.19. The van der Waals surface area contributed by atoms with Crippen molar-refractivity contribution in [1.29, 1.82) is 0 Å². The highest BCUT2D eigenvalue weighted by atomic mass is 35.5. The minimum Gasteiger partial charge on any atom is -0.464 e. The zero-order valence-corrected chi connectivity index (χ0v) is 23.8. The van der Waals surface area contributed by atoms with Gasteiger partial charge >= 0.3 is 5.97 Å². The van der Waals surface area contributed by atoms with E-state index in [1.165, 1.54) is 19.5 Å². The fraction of sp³-hybridized carbons (Fsp3) is 0.400. The van der Waals surface area contributed by atoms with E-state index in [1.54, 1.807) is 22.8 Å². The number of nitrogens with zero attached hydrogens (tertiary/aromatic N) is 7. The first-order valence-electron chi connectivity index (χ1n) is 12.2. The second-order valence-corrected chi connectivity index (χ2v) is 9.26. The molecule has 4 heterocycles. The van der Waals surface area contributed by atoms with Gasteiger partial charge in [-0.15, -0.1) is 9.90 Å². The van der Waals surface area contributed by atoms with Gasteiger partial charge in [-0.05, 0) is 12.5 Å². The van der Waals surface area contributed by atoms with Crippen LogP contribution in [0.15, 0.2) is 30.7 Å². The van der Waals surface area contributed by atoms with Gasteiger partial charge in [-0.2, -0.15) is 10.2 Å². The molecule has 4 aromatic heterocycles. The predicted octanol–water partition coefficient (Wildman–Crippen LogP) is 5.25. The molecular formula is C25H30Cl2N8O3. The number of ether oxygens (including phenoxy) is 1. The van der Waals surface area contributed by atoms with Gasteiger partial charge in [0.05, 0.1) is 41.8 Å². The second kappa shape index (κ2) is 11.9. The number of fused-ring (bicyclic) bond motifs is 3. The van der Waals surface area contributed by atoms with Gasteiger partial charge in [0.15, 0.2) is 22.3 Å². The van der Waals surface area contributed by atoms with E-state index in [1.807, 2.05) is 27.7 Å². The Bertz CT molecular complexity index is 1460. The SMILES string of the molecule is CC.CC.COC(=O)c1cnn(-c2ncc(NC(=O)C3CC(C)(C)c4c3cnc3cc(Cl)nn43)cc2Cl)n1. The first-order valence-corrected chi connectivity index (χ1v) is 13.0. The Balaban J connectivity index is 0.000000956. The molecule has 0 aromatic carbocycles. The maximum Gasteiger partial charge on any atom is 0.360 e. The van der Waals surface area contributed by atoms with Crippen molar-refractivity contribution in [2.24, 2.45) is 0 Å². The zero-order valence-electron chi connectivity index (χ0n) is 22.3. The molecule has 4 aromatic rings. The van der Waals surface area contributed by atoms with Crippen LogP contribution in [0.4, 0.5) is 5.69 Å². The van der Waals surface area contributed by atoms with Gasteiger partial charge < -0.3 is 10.1 Å². The summed E-state index contributed by atoms with van der Waals surface area (Å²) in [5.41, 5.74) is 2.43. The highest BCUT2D eigenvalue weighted by Crippen LogP contribution is 2.46. The fourth-order valence-electron chi connectivity index (χ4n) is 4.24. The summed E-state index contributed by atoms with van der Waals surface area (Å²) in [6, 6.07) is 3.22. The van der Waals surface area contributed by atoms with Crippen LogP contribution in [0, 0.1) is 0 Å². The summed E-state index contributed by atoms with van der Waals surface area (Å²) in [5.74, 6) is -1.10. The highest BCUT2D eigenvalue weighted by molar-refractivity contribution is 6.32. The molecule has 1 amide bonds. The summed E-state index contributed by atoms with van der Waals surface area (Å²) in [4.78, 5) is 34.6. The molecule has 1 N–H and O–H groups in total. The van der Waals surface area contributed by atoms with E-state index >= 15 is 0 Å². The molecule has 0 fully saturated rings. The normalized spacial score (nSPS) is 15.0. The minimum absolute atomic E-state index is 0.0152. The molecular weight excluding hydrogens is 531 g/mol. The molecule has 1 atom stereocenters. The summed E-state index contributed by atoms with van der Waals surface area (Å²) in [5, 5.41) is 15.7. The Morgan fingerprint density at radius 2 is 1.76 bits per heavy atom. The standard InChI is InChI=1S/C21H18Cl2N8O3.2C2H6/c1-21(2)6-11(12-8-24-16-5-15(23)29-30(16)17(12)21)19(32)27-10-4-13(22)18(25-7-10)31-26-9-14(28-31)20(33)34-3;2*1-2/h4-5,7-9,11H,6H2,1-3H3,(H,27,32);2*1-2H3. The molecule has 0 aliphatic heterocycles. The number of esters is 1. The zero-order chi connectivity index (χ0) is 28.2. The van der Waals surface area contributed by atoms with Crippen LogP contribution >= 0.6 is 23.2 Å². The second-order valence-electron chi connectivity index (χ2n) is 8.47. The van der Waals surface area contributed by atoms with Crippen molar-refractivity contribution in [3.8, 4) is 5.82 Å². The largest absolute Gasteiger partial charge is 0.464 e. The number of carbonyl (C=O) groups is 2. The first kappa shape index (κ1) is 29.0. The van der Waals surface area contributed by atoms with E-state index in [9.17, 15) is 9.59 Å². The molecule has 11 nitrogen and oxygen atoms in total. The van der Waals surface area contributed by atoms with Gasteiger partial charge in [0.2, 0.25) is 5.91 Å². The van der Waals surface area contributed by atoms with E-state index < -0.39 is 11.9 Å². The molecule has 38 heavy (non-hydrogen) atoms. The average Bonchev–Trinajstić information content (AvgIpc) is 3.61. The Kier molecular flexibility index (Phi) is 9.05. The third kappa shape index (κ3) is 5.48. The van der Waals surface area contributed by atoms with Crippen molar-refractivity contribution in [3.05, 3.63) is 57.9 Å². The van der Waals surface area contributed by atoms with Gasteiger partial charge in [-0.25, -0.2) is 19.3 Å². The molecule has 0 saturated carbocycles. The number of aromatic nitrogens is 7. The number of amides is 1. The summed E-state index contributed by atoms with van der Waals surface area (Å²) < 4.78 is 6.33. The van der Waals surface area contributed by atoms with Gasteiger partial charge in [0, 0.05) is 23.2 Å². The van der Waals surface area contributed by atoms with Crippen LogP contribution in [-0.4, -0.2) is 53.6 Å². The van der Waals surface area contributed by atoms with E-state index in [0.717, 1.165) is 16.1 Å². The highest BCUT2D eigenvalue weighted by Gasteiger charge is 2.43. The van der Waals surface area contributed by atoms with Crippen LogP contribution in [0.3, 0.4) is 0 Å². The number of anilines is 1. The molecule has 0 spiro atoms. The monoisotopic (exact) mass is 560 g/mol. The van der Waals surface area contributed by atoms with Gasteiger partial charge in [0.25, 0.3) is 0 Å². The van der Waals surface area contributed by atoms with Crippen molar-refractivity contribution in [1.82, 2.24) is 34.6 Å². The van der Waals surface area contributed by atoms with E-state index in [-0.39, 0.29) is 27.9 Å². The Morgan fingerprint density at radius 3 is 2.42 bits per heavy atom. The lowest BCUT2D eigenvalue weighted by atomic mass is 9.88. The Labute approximate surface area is 230 Å². The van der Waals surface area contributed by atoms with Crippen LogP contribution in [0.2, 0.25) is 10.2 Å². The van der Waals surface area contributed by atoms with Crippen molar-refractivity contribution in [2.75, 3.05) is 12.4 Å². The summed E-state index contributed by atoms with van der Waals surface area (Å²) >= 11 is 12.4. The first-order chi connectivity index (χ1) is 18.2. The number of pyridine rings is 1. The van der Waals surface area contributed by atoms with Crippen molar-refractivity contribution in [3.63, 3.8) is 0 Å². The Morgan fingerprint density at radius 1 is 1.05 bits per heavy atom. The number of carbonyl (C=O) groups excluding carboxylic acids is 2. The van der Waals surface area contributed by atoms with Crippen LogP contribution in [0.25, 0.3) is 11.5 Å². The third-order valence-electron chi connectivity index (χ3n) is 5.69. The smallest absolute Gasteiger partial charge is 0.360 e. The molecule has 0 bridgehead atoms. The average molecular weight is 561 g/mol. The number of hydrogen-bond donors (Lipinski definition) is 1. The van der Waals surface area contributed by atoms with Crippen molar-refractivity contribution >= 4 is 46.4 Å². The topological polar surface area (TPSA) is 129 Å². The maximum atomic E-state index is 13.2. The number of methoxy groups -OCH3 is 1. The molecule has 1 unspecified atom stereocenters. The van der Waals surface area contributed by atoms with Crippen LogP contribution in [0.5, 0.6) is 0 Å². The van der Waals surface area contributed by atoms with Crippen molar-refractivity contribution < 1.29 is 14.3 Å². The lowest BCUT2D eigenvalue weighted by Crippen LogP contribution is -2.21. The Hall–Kier alpha value is -3.57. The summed E-state index contributed by atoms with van der Waals surface area (Å²) in [7, 11) is 1.25. The summed E-state index contributed by atoms with van der Waals surface area (Å²) in [6.45, 7) is 12.1. The van der Waals surface area contributed by atoms with Gasteiger partial charge in [-0.1, -0.05) is 64.7 Å². The van der Waals surface area contributed by atoms with Crippen molar-refractivity contribution in [2.45, 2.75) is 59.3 Å². The molecule has 13 heteroatoms. The number of halogens is 2. The molecule has 1 aliphatic rings.